The lowest BCUT2D eigenvalue weighted by Crippen LogP contribution is -2.48. The number of morpholine rings is 2. The highest BCUT2D eigenvalue weighted by atomic mass is 16.5. The molecule has 0 aromatic heterocycles. The molecule has 7 heteroatoms. The maximum absolute atomic E-state index is 11.9. The van der Waals surface area contributed by atoms with Crippen LogP contribution in [0.3, 0.4) is 0 Å². The summed E-state index contributed by atoms with van der Waals surface area (Å²) in [6.07, 6.45) is 0.150. The van der Waals surface area contributed by atoms with E-state index in [1.54, 1.807) is 4.90 Å². The average molecular weight is 270 g/mol. The fourth-order valence-electron chi connectivity index (χ4n) is 2.19. The quantitative estimate of drug-likeness (QED) is 0.508. The van der Waals surface area contributed by atoms with Gasteiger partial charge in [0.15, 0.2) is 5.96 Å². The molecule has 1 atom stereocenters. The molecule has 2 heterocycles. The molecular formula is C12H22N4O3. The lowest BCUT2D eigenvalue weighted by atomic mass is 10.3. The SMILES string of the molecule is CC1CN(C(N)=NCC(=O)N2CCOCC2)CCO1. The lowest BCUT2D eigenvalue weighted by Gasteiger charge is -2.32. The van der Waals surface area contributed by atoms with Gasteiger partial charge in [-0.1, -0.05) is 0 Å². The zero-order chi connectivity index (χ0) is 13.7. The number of carbonyl (C=O) groups excluding carboxylic acids is 1. The number of guanidine groups is 1. The molecule has 0 spiro atoms. The van der Waals surface area contributed by atoms with Gasteiger partial charge in [0.05, 0.1) is 25.9 Å². The lowest BCUT2D eigenvalue weighted by molar-refractivity contribution is -0.133. The van der Waals surface area contributed by atoms with Gasteiger partial charge >= 0.3 is 0 Å². The number of carbonyl (C=O) groups is 1. The first-order valence-electron chi connectivity index (χ1n) is 6.69. The van der Waals surface area contributed by atoms with E-state index in [9.17, 15) is 4.79 Å². The van der Waals surface area contributed by atoms with E-state index in [4.69, 9.17) is 15.2 Å². The topological polar surface area (TPSA) is 80.4 Å². The Morgan fingerprint density at radius 2 is 1.95 bits per heavy atom. The van der Waals surface area contributed by atoms with E-state index < -0.39 is 0 Å². The van der Waals surface area contributed by atoms with E-state index in [-0.39, 0.29) is 18.6 Å². The summed E-state index contributed by atoms with van der Waals surface area (Å²) in [4.78, 5) is 19.8. The number of ether oxygens (including phenoxy) is 2. The molecule has 1 unspecified atom stereocenters. The second kappa shape index (κ2) is 6.72. The third kappa shape index (κ3) is 4.07. The van der Waals surface area contributed by atoms with E-state index in [0.717, 1.165) is 13.1 Å². The largest absolute Gasteiger partial charge is 0.378 e. The molecule has 0 radical (unpaired) electrons. The summed E-state index contributed by atoms with van der Waals surface area (Å²) >= 11 is 0. The molecule has 2 N–H and O–H groups in total. The minimum absolute atomic E-state index is 0.00700. The fourth-order valence-corrected chi connectivity index (χ4v) is 2.19. The van der Waals surface area contributed by atoms with Crippen molar-refractivity contribution in [2.24, 2.45) is 10.7 Å². The van der Waals surface area contributed by atoms with Crippen molar-refractivity contribution in [1.82, 2.24) is 9.80 Å². The van der Waals surface area contributed by atoms with E-state index in [2.05, 4.69) is 4.99 Å². The minimum atomic E-state index is 0.00700. The fraction of sp³-hybridized carbons (Fsp3) is 0.833. The van der Waals surface area contributed by atoms with Gasteiger partial charge in [0.1, 0.15) is 6.54 Å². The normalized spacial score (nSPS) is 25.5. The predicted molar refractivity (Wildman–Crippen MR) is 70.9 cm³/mol. The molecule has 0 bridgehead atoms. The molecule has 2 saturated heterocycles. The first kappa shape index (κ1) is 14.1. The monoisotopic (exact) mass is 270 g/mol. The van der Waals surface area contributed by atoms with Crippen LogP contribution in [-0.2, 0) is 14.3 Å². The first-order valence-corrected chi connectivity index (χ1v) is 6.69. The van der Waals surface area contributed by atoms with Gasteiger partial charge in [-0.3, -0.25) is 4.79 Å². The maximum atomic E-state index is 11.9. The molecule has 2 rings (SSSR count). The number of amides is 1. The summed E-state index contributed by atoms with van der Waals surface area (Å²) in [7, 11) is 0. The van der Waals surface area contributed by atoms with E-state index in [0.29, 0.717) is 38.9 Å². The van der Waals surface area contributed by atoms with Crippen molar-refractivity contribution in [3.63, 3.8) is 0 Å². The summed E-state index contributed by atoms with van der Waals surface area (Å²) in [5.41, 5.74) is 5.91. The molecule has 1 amide bonds. The average Bonchev–Trinajstić information content (AvgIpc) is 2.45. The van der Waals surface area contributed by atoms with Crippen LogP contribution in [0, 0.1) is 0 Å². The van der Waals surface area contributed by atoms with Gasteiger partial charge in [-0.15, -0.1) is 0 Å². The molecule has 0 aliphatic carbocycles. The zero-order valence-electron chi connectivity index (χ0n) is 11.4. The molecule has 2 aliphatic rings. The van der Waals surface area contributed by atoms with Crippen LogP contribution in [0.4, 0.5) is 0 Å². The minimum Gasteiger partial charge on any atom is -0.378 e. The Morgan fingerprint density at radius 3 is 2.63 bits per heavy atom. The highest BCUT2D eigenvalue weighted by molar-refractivity contribution is 5.84. The molecule has 0 aromatic rings. The number of rotatable bonds is 2. The Hall–Kier alpha value is -1.34. The molecule has 0 saturated carbocycles. The highest BCUT2D eigenvalue weighted by Gasteiger charge is 2.19. The first-order chi connectivity index (χ1) is 9.16. The van der Waals surface area contributed by atoms with Crippen molar-refractivity contribution in [3.05, 3.63) is 0 Å². The van der Waals surface area contributed by atoms with Crippen molar-refractivity contribution in [1.29, 1.82) is 0 Å². The van der Waals surface area contributed by atoms with Crippen LogP contribution < -0.4 is 5.73 Å². The molecular weight excluding hydrogens is 248 g/mol. The van der Waals surface area contributed by atoms with Crippen LogP contribution in [0.1, 0.15) is 6.92 Å². The van der Waals surface area contributed by atoms with Gasteiger partial charge in [-0.05, 0) is 6.92 Å². The maximum Gasteiger partial charge on any atom is 0.244 e. The van der Waals surface area contributed by atoms with E-state index >= 15 is 0 Å². The van der Waals surface area contributed by atoms with Crippen molar-refractivity contribution in [2.45, 2.75) is 13.0 Å². The van der Waals surface area contributed by atoms with Crippen molar-refractivity contribution < 1.29 is 14.3 Å². The van der Waals surface area contributed by atoms with Gasteiger partial charge in [0.25, 0.3) is 0 Å². The standard InChI is InChI=1S/C12H22N4O3/c1-10-9-16(4-7-19-10)12(13)14-8-11(17)15-2-5-18-6-3-15/h10H,2-9H2,1H3,(H2,13,14). The van der Waals surface area contributed by atoms with Crippen LogP contribution in [0.15, 0.2) is 4.99 Å². The summed E-state index contributed by atoms with van der Waals surface area (Å²) in [6.45, 7) is 6.70. The van der Waals surface area contributed by atoms with Gasteiger partial charge in [-0.25, -0.2) is 4.99 Å². The zero-order valence-corrected chi connectivity index (χ0v) is 11.4. The van der Waals surface area contributed by atoms with Crippen LogP contribution in [0.5, 0.6) is 0 Å². The predicted octanol–water partition coefficient (Wildman–Crippen LogP) is -1.12. The second-order valence-electron chi connectivity index (χ2n) is 4.80. The Bertz CT molecular complexity index is 342. The van der Waals surface area contributed by atoms with Gasteiger partial charge < -0.3 is 25.0 Å². The Kier molecular flexibility index (Phi) is 4.98. The molecule has 2 fully saturated rings. The third-order valence-electron chi connectivity index (χ3n) is 3.31. The van der Waals surface area contributed by atoms with E-state index in [1.165, 1.54) is 0 Å². The molecule has 2 aliphatic heterocycles. The van der Waals surface area contributed by atoms with Gasteiger partial charge in [0.2, 0.25) is 5.91 Å². The molecule has 0 aromatic carbocycles. The van der Waals surface area contributed by atoms with Crippen LogP contribution in [0.25, 0.3) is 0 Å². The second-order valence-corrected chi connectivity index (χ2v) is 4.80. The Labute approximate surface area is 113 Å². The van der Waals surface area contributed by atoms with Gasteiger partial charge in [0, 0.05) is 26.2 Å². The number of hydrogen-bond donors (Lipinski definition) is 1. The van der Waals surface area contributed by atoms with Crippen molar-refractivity contribution in [2.75, 3.05) is 52.5 Å². The Balaban J connectivity index is 1.81. The summed E-state index contributed by atoms with van der Waals surface area (Å²) in [5, 5.41) is 0. The summed E-state index contributed by atoms with van der Waals surface area (Å²) in [5.74, 6) is 0.435. The van der Waals surface area contributed by atoms with Crippen molar-refractivity contribution >= 4 is 11.9 Å². The number of nitrogens with two attached hydrogens (primary N) is 1. The number of aliphatic imine (C=N–C) groups is 1. The van der Waals surface area contributed by atoms with Crippen LogP contribution in [0.2, 0.25) is 0 Å². The number of nitrogens with zero attached hydrogens (tertiary/aromatic N) is 3. The Morgan fingerprint density at radius 1 is 1.26 bits per heavy atom. The van der Waals surface area contributed by atoms with Crippen molar-refractivity contribution in [3.8, 4) is 0 Å². The summed E-state index contributed by atoms with van der Waals surface area (Å²) < 4.78 is 10.6. The number of hydrogen-bond acceptors (Lipinski definition) is 4. The molecule has 19 heavy (non-hydrogen) atoms. The summed E-state index contributed by atoms with van der Waals surface area (Å²) in [6, 6.07) is 0. The van der Waals surface area contributed by atoms with Crippen LogP contribution in [-0.4, -0.2) is 80.3 Å². The smallest absolute Gasteiger partial charge is 0.244 e. The van der Waals surface area contributed by atoms with Gasteiger partial charge in [-0.2, -0.15) is 0 Å². The highest BCUT2D eigenvalue weighted by Crippen LogP contribution is 2.04. The van der Waals surface area contributed by atoms with Crippen LogP contribution >= 0.6 is 0 Å². The third-order valence-corrected chi connectivity index (χ3v) is 3.31. The van der Waals surface area contributed by atoms with E-state index in [1.807, 2.05) is 11.8 Å². The molecule has 108 valence electrons. The molecule has 7 nitrogen and oxygen atoms in total.